The minimum absolute atomic E-state index is 0.522. The quantitative estimate of drug-likeness (QED) is 0.599. The van der Waals surface area contributed by atoms with E-state index in [4.69, 9.17) is 0 Å². The van der Waals surface area contributed by atoms with Crippen molar-refractivity contribution in [2.45, 2.75) is 52.6 Å². The summed E-state index contributed by atoms with van der Waals surface area (Å²) >= 11 is 0. The Bertz CT molecular complexity index is 121. The molecule has 0 aliphatic carbocycles. The molecule has 0 rings (SSSR count). The van der Waals surface area contributed by atoms with Crippen LogP contribution in [0.4, 0.5) is 0 Å². The summed E-state index contributed by atoms with van der Waals surface area (Å²) in [6, 6.07) is 0. The van der Waals surface area contributed by atoms with E-state index in [-0.39, 0.29) is 0 Å². The highest BCUT2D eigenvalue weighted by atomic mass is 16.3. The van der Waals surface area contributed by atoms with Crippen molar-refractivity contribution in [1.82, 2.24) is 5.32 Å². The van der Waals surface area contributed by atoms with Crippen LogP contribution in [0.1, 0.15) is 47.0 Å². The molecule has 0 saturated carbocycles. The van der Waals surface area contributed by atoms with Gasteiger partial charge in [-0.05, 0) is 32.2 Å². The largest absolute Gasteiger partial charge is 0.389 e. The normalized spacial score (nSPS) is 16.2. The molecule has 0 aromatic rings. The van der Waals surface area contributed by atoms with Gasteiger partial charge in [0.15, 0.2) is 0 Å². The molecule has 13 heavy (non-hydrogen) atoms. The van der Waals surface area contributed by atoms with Crippen molar-refractivity contribution < 1.29 is 5.11 Å². The highest BCUT2D eigenvalue weighted by Crippen LogP contribution is 2.09. The molecule has 0 saturated heterocycles. The molecule has 2 N–H and O–H groups in total. The van der Waals surface area contributed by atoms with Gasteiger partial charge in [-0.15, -0.1) is 0 Å². The van der Waals surface area contributed by atoms with Crippen LogP contribution in [0, 0.1) is 5.92 Å². The number of hydrogen-bond donors (Lipinski definition) is 2. The van der Waals surface area contributed by atoms with Crippen LogP contribution >= 0.6 is 0 Å². The van der Waals surface area contributed by atoms with Gasteiger partial charge in [0.05, 0.1) is 5.60 Å². The number of aliphatic hydroxyl groups is 1. The summed E-state index contributed by atoms with van der Waals surface area (Å²) < 4.78 is 0. The van der Waals surface area contributed by atoms with E-state index in [1.54, 1.807) is 0 Å². The molecule has 0 aliphatic rings. The highest BCUT2D eigenvalue weighted by Gasteiger charge is 2.17. The summed E-state index contributed by atoms with van der Waals surface area (Å²) in [5, 5.41) is 13.1. The van der Waals surface area contributed by atoms with E-state index < -0.39 is 5.60 Å². The molecule has 0 amide bonds. The molecule has 0 aromatic carbocycles. The third-order valence-corrected chi connectivity index (χ3v) is 2.19. The molecule has 0 aliphatic heterocycles. The van der Waals surface area contributed by atoms with Gasteiger partial charge in [0, 0.05) is 6.54 Å². The molecular weight excluding hydrogens is 162 g/mol. The maximum absolute atomic E-state index is 9.82. The average molecular weight is 187 g/mol. The summed E-state index contributed by atoms with van der Waals surface area (Å²) in [5.74, 6) is 0.739. The lowest BCUT2D eigenvalue weighted by atomic mass is 10.0. The van der Waals surface area contributed by atoms with Crippen molar-refractivity contribution in [3.63, 3.8) is 0 Å². The summed E-state index contributed by atoms with van der Waals surface area (Å²) in [4.78, 5) is 0. The monoisotopic (exact) mass is 187 g/mol. The number of hydrogen-bond acceptors (Lipinski definition) is 2. The molecule has 80 valence electrons. The molecule has 2 nitrogen and oxygen atoms in total. The van der Waals surface area contributed by atoms with Crippen molar-refractivity contribution in [2.24, 2.45) is 5.92 Å². The second-order valence-corrected chi connectivity index (χ2v) is 4.61. The first-order valence-electron chi connectivity index (χ1n) is 5.41. The lowest BCUT2D eigenvalue weighted by Crippen LogP contribution is -2.38. The molecular formula is C11H25NO. The Labute approximate surface area is 82.7 Å². The molecule has 0 fully saturated rings. The summed E-state index contributed by atoms with van der Waals surface area (Å²) in [5.41, 5.74) is -0.522. The molecule has 1 unspecified atom stereocenters. The minimum Gasteiger partial charge on any atom is -0.389 e. The fraction of sp³-hybridized carbons (Fsp3) is 1.00. The maximum Gasteiger partial charge on any atom is 0.0743 e. The molecule has 2 heteroatoms. The van der Waals surface area contributed by atoms with Crippen LogP contribution in [-0.4, -0.2) is 23.8 Å². The minimum atomic E-state index is -0.522. The lowest BCUT2D eigenvalue weighted by molar-refractivity contribution is 0.0500. The van der Waals surface area contributed by atoms with Crippen LogP contribution < -0.4 is 5.32 Å². The third kappa shape index (κ3) is 8.26. The Morgan fingerprint density at radius 1 is 1.38 bits per heavy atom. The first-order valence-corrected chi connectivity index (χ1v) is 5.41. The van der Waals surface area contributed by atoms with Gasteiger partial charge >= 0.3 is 0 Å². The van der Waals surface area contributed by atoms with Crippen LogP contribution in [-0.2, 0) is 0 Å². The zero-order valence-electron chi connectivity index (χ0n) is 9.56. The van der Waals surface area contributed by atoms with E-state index in [1.807, 2.05) is 6.92 Å². The van der Waals surface area contributed by atoms with E-state index in [0.717, 1.165) is 25.3 Å². The number of rotatable bonds is 7. The van der Waals surface area contributed by atoms with Crippen molar-refractivity contribution >= 4 is 0 Å². The zero-order valence-corrected chi connectivity index (χ0v) is 9.56. The molecule has 0 bridgehead atoms. The van der Waals surface area contributed by atoms with Crippen LogP contribution in [0.25, 0.3) is 0 Å². The first-order chi connectivity index (χ1) is 5.98. The first kappa shape index (κ1) is 12.9. The van der Waals surface area contributed by atoms with Crippen LogP contribution in [0.5, 0.6) is 0 Å². The fourth-order valence-electron chi connectivity index (χ4n) is 1.38. The van der Waals surface area contributed by atoms with Gasteiger partial charge in [-0.2, -0.15) is 0 Å². The predicted octanol–water partition coefficient (Wildman–Crippen LogP) is 2.17. The standard InChI is InChI=1S/C11H25NO/c1-5-7-11(4,13)9-12-8-6-10(2)3/h10,12-13H,5-9H2,1-4H3. The molecule has 0 heterocycles. The summed E-state index contributed by atoms with van der Waals surface area (Å²) in [7, 11) is 0. The molecule has 0 radical (unpaired) electrons. The van der Waals surface area contributed by atoms with Crippen molar-refractivity contribution in [3.8, 4) is 0 Å². The maximum atomic E-state index is 9.82. The van der Waals surface area contributed by atoms with Gasteiger partial charge in [0.25, 0.3) is 0 Å². The van der Waals surface area contributed by atoms with E-state index in [9.17, 15) is 5.11 Å². The van der Waals surface area contributed by atoms with Gasteiger partial charge in [0.1, 0.15) is 0 Å². The van der Waals surface area contributed by atoms with Gasteiger partial charge in [-0.25, -0.2) is 0 Å². The van der Waals surface area contributed by atoms with Crippen molar-refractivity contribution in [2.75, 3.05) is 13.1 Å². The third-order valence-electron chi connectivity index (χ3n) is 2.19. The Morgan fingerprint density at radius 3 is 2.46 bits per heavy atom. The second-order valence-electron chi connectivity index (χ2n) is 4.61. The fourth-order valence-corrected chi connectivity index (χ4v) is 1.38. The van der Waals surface area contributed by atoms with E-state index in [1.165, 1.54) is 6.42 Å². The van der Waals surface area contributed by atoms with Gasteiger partial charge < -0.3 is 10.4 Å². The van der Waals surface area contributed by atoms with Crippen LogP contribution in [0.2, 0.25) is 0 Å². The smallest absolute Gasteiger partial charge is 0.0743 e. The van der Waals surface area contributed by atoms with E-state index in [0.29, 0.717) is 6.54 Å². The SMILES string of the molecule is CCCC(C)(O)CNCCC(C)C. The van der Waals surface area contributed by atoms with Crippen LogP contribution in [0.3, 0.4) is 0 Å². The van der Waals surface area contributed by atoms with Gasteiger partial charge in [-0.1, -0.05) is 27.2 Å². The summed E-state index contributed by atoms with van der Waals surface area (Å²) in [6.07, 6.45) is 3.10. The Hall–Kier alpha value is -0.0800. The van der Waals surface area contributed by atoms with Crippen molar-refractivity contribution in [3.05, 3.63) is 0 Å². The van der Waals surface area contributed by atoms with Crippen LogP contribution in [0.15, 0.2) is 0 Å². The average Bonchev–Trinajstić information content (AvgIpc) is 1.98. The van der Waals surface area contributed by atoms with Gasteiger partial charge in [0.2, 0.25) is 0 Å². The molecule has 1 atom stereocenters. The second kappa shape index (κ2) is 6.39. The summed E-state index contributed by atoms with van der Waals surface area (Å²) in [6.45, 7) is 10.2. The lowest BCUT2D eigenvalue weighted by Gasteiger charge is -2.23. The Kier molecular flexibility index (Phi) is 6.35. The molecule has 0 spiro atoms. The van der Waals surface area contributed by atoms with Crippen molar-refractivity contribution in [1.29, 1.82) is 0 Å². The van der Waals surface area contributed by atoms with E-state index >= 15 is 0 Å². The topological polar surface area (TPSA) is 32.3 Å². The highest BCUT2D eigenvalue weighted by molar-refractivity contribution is 4.74. The van der Waals surface area contributed by atoms with E-state index in [2.05, 4.69) is 26.1 Å². The Morgan fingerprint density at radius 2 is 2.00 bits per heavy atom. The predicted molar refractivity (Wildman–Crippen MR) is 57.9 cm³/mol. The Balaban J connectivity index is 3.40. The number of nitrogens with one attached hydrogen (secondary N) is 1. The molecule has 0 aromatic heterocycles. The zero-order chi connectivity index (χ0) is 10.3. The van der Waals surface area contributed by atoms with Gasteiger partial charge in [-0.3, -0.25) is 0 Å².